The topological polar surface area (TPSA) is 120 Å². The fourth-order valence-electron chi connectivity index (χ4n) is 2.47. The van der Waals surface area contributed by atoms with Crippen molar-refractivity contribution in [1.82, 2.24) is 0 Å². The maximum absolute atomic E-state index is 12.2. The van der Waals surface area contributed by atoms with Gasteiger partial charge < -0.3 is 24.8 Å². The van der Waals surface area contributed by atoms with Crippen molar-refractivity contribution >= 4 is 33.1 Å². The lowest BCUT2D eigenvalue weighted by Crippen LogP contribution is -2.23. The number of sulfone groups is 1. The normalized spacial score (nSPS) is 10.8. The van der Waals surface area contributed by atoms with Crippen molar-refractivity contribution in [3.8, 4) is 11.5 Å². The molecule has 0 unspecified atom stereocenters. The molecule has 9 nitrogen and oxygen atoms in total. The molecule has 2 aromatic rings. The molecule has 2 N–H and O–H groups in total. The van der Waals surface area contributed by atoms with Crippen LogP contribution >= 0.6 is 0 Å². The predicted octanol–water partition coefficient (Wildman–Crippen LogP) is 1.94. The highest BCUT2D eigenvalue weighted by Crippen LogP contribution is 2.33. The maximum Gasteiger partial charge on any atom is 0.340 e. The number of amides is 1. The van der Waals surface area contributed by atoms with E-state index >= 15 is 0 Å². The Morgan fingerprint density at radius 3 is 2.07 bits per heavy atom. The summed E-state index contributed by atoms with van der Waals surface area (Å²) in [6.07, 6.45) is 1.10. The van der Waals surface area contributed by atoms with Crippen LogP contribution in [0.4, 0.5) is 11.4 Å². The largest absolute Gasteiger partial charge is 0.493 e. The first-order valence-electron chi connectivity index (χ1n) is 8.37. The Morgan fingerprint density at radius 2 is 1.55 bits per heavy atom. The molecule has 156 valence electrons. The number of nitrogens with one attached hydrogen (secondary N) is 2. The second-order valence-electron chi connectivity index (χ2n) is 5.94. The summed E-state index contributed by atoms with van der Waals surface area (Å²) in [7, 11) is 0.822. The Labute approximate surface area is 168 Å². The van der Waals surface area contributed by atoms with Gasteiger partial charge in [-0.1, -0.05) is 0 Å². The fraction of sp³-hybridized carbons (Fsp3) is 0.263. The first-order valence-corrected chi connectivity index (χ1v) is 10.3. The zero-order valence-electron chi connectivity index (χ0n) is 16.4. The number of methoxy groups -OCH3 is 3. The zero-order valence-corrected chi connectivity index (χ0v) is 17.3. The van der Waals surface area contributed by atoms with E-state index in [0.29, 0.717) is 22.9 Å². The summed E-state index contributed by atoms with van der Waals surface area (Å²) in [6.45, 7) is -0.159. The number of ether oxygens (including phenoxy) is 3. The molecule has 0 aliphatic heterocycles. The third kappa shape index (κ3) is 5.61. The molecular formula is C19H22N2O7S. The summed E-state index contributed by atoms with van der Waals surface area (Å²) >= 11 is 0. The van der Waals surface area contributed by atoms with E-state index in [9.17, 15) is 18.0 Å². The number of carbonyl (C=O) groups is 2. The van der Waals surface area contributed by atoms with E-state index in [2.05, 4.69) is 10.6 Å². The van der Waals surface area contributed by atoms with Crippen LogP contribution in [0.5, 0.6) is 11.5 Å². The van der Waals surface area contributed by atoms with Gasteiger partial charge in [-0.05, 0) is 24.3 Å². The van der Waals surface area contributed by atoms with Crippen molar-refractivity contribution in [2.45, 2.75) is 4.90 Å². The van der Waals surface area contributed by atoms with E-state index in [1.807, 2.05) is 0 Å². The molecule has 0 heterocycles. The van der Waals surface area contributed by atoms with E-state index in [4.69, 9.17) is 14.2 Å². The molecule has 0 fully saturated rings. The van der Waals surface area contributed by atoms with Gasteiger partial charge in [0.25, 0.3) is 0 Å². The first-order chi connectivity index (χ1) is 13.7. The lowest BCUT2D eigenvalue weighted by atomic mass is 10.1. The summed E-state index contributed by atoms with van der Waals surface area (Å²) in [5, 5.41) is 5.50. The highest BCUT2D eigenvalue weighted by atomic mass is 32.2. The number of rotatable bonds is 8. The van der Waals surface area contributed by atoms with E-state index in [0.717, 1.165) is 6.26 Å². The molecular weight excluding hydrogens is 400 g/mol. The second kappa shape index (κ2) is 9.28. The molecule has 0 radical (unpaired) electrons. The van der Waals surface area contributed by atoms with Gasteiger partial charge in [-0.2, -0.15) is 0 Å². The molecule has 0 saturated heterocycles. The third-order valence-electron chi connectivity index (χ3n) is 3.93. The quantitative estimate of drug-likeness (QED) is 0.620. The van der Waals surface area contributed by atoms with Gasteiger partial charge in [0.2, 0.25) is 5.91 Å². The first kappa shape index (κ1) is 22.0. The van der Waals surface area contributed by atoms with Crippen molar-refractivity contribution in [3.05, 3.63) is 42.0 Å². The van der Waals surface area contributed by atoms with Crippen LogP contribution in [0.2, 0.25) is 0 Å². The molecule has 2 rings (SSSR count). The van der Waals surface area contributed by atoms with Crippen LogP contribution in [0, 0.1) is 0 Å². The summed E-state index contributed by atoms with van der Waals surface area (Å²) < 4.78 is 38.1. The zero-order chi connectivity index (χ0) is 21.6. The van der Waals surface area contributed by atoms with Crippen molar-refractivity contribution in [3.63, 3.8) is 0 Å². The van der Waals surface area contributed by atoms with Crippen LogP contribution in [0.25, 0.3) is 0 Å². The van der Waals surface area contributed by atoms with Crippen LogP contribution in [-0.4, -0.2) is 54.4 Å². The summed E-state index contributed by atoms with van der Waals surface area (Å²) in [4.78, 5) is 24.4. The minimum absolute atomic E-state index is 0.154. The van der Waals surface area contributed by atoms with Gasteiger partial charge in [0, 0.05) is 24.1 Å². The van der Waals surface area contributed by atoms with Crippen molar-refractivity contribution < 1.29 is 32.2 Å². The molecule has 29 heavy (non-hydrogen) atoms. The Hall–Kier alpha value is -3.27. The molecule has 10 heteroatoms. The lowest BCUT2D eigenvalue weighted by Gasteiger charge is -2.15. The number of hydrogen-bond donors (Lipinski definition) is 2. The van der Waals surface area contributed by atoms with Gasteiger partial charge in [-0.15, -0.1) is 0 Å². The second-order valence-corrected chi connectivity index (χ2v) is 7.96. The average Bonchev–Trinajstić information content (AvgIpc) is 2.70. The van der Waals surface area contributed by atoms with Gasteiger partial charge in [0.1, 0.15) is 0 Å². The Balaban J connectivity index is 2.13. The molecule has 1 amide bonds. The predicted molar refractivity (Wildman–Crippen MR) is 108 cm³/mol. The van der Waals surface area contributed by atoms with Crippen LogP contribution in [0.15, 0.2) is 41.3 Å². The van der Waals surface area contributed by atoms with Crippen LogP contribution in [0.3, 0.4) is 0 Å². The highest BCUT2D eigenvalue weighted by molar-refractivity contribution is 7.90. The number of hydrogen-bond acceptors (Lipinski definition) is 8. The van der Waals surface area contributed by atoms with Crippen LogP contribution < -0.4 is 20.1 Å². The third-order valence-corrected chi connectivity index (χ3v) is 5.06. The maximum atomic E-state index is 12.2. The van der Waals surface area contributed by atoms with Crippen molar-refractivity contribution in [1.29, 1.82) is 0 Å². The number of benzene rings is 2. The van der Waals surface area contributed by atoms with Crippen LogP contribution in [-0.2, 0) is 19.4 Å². The smallest absolute Gasteiger partial charge is 0.340 e. The number of carbonyl (C=O) groups excluding carboxylic acids is 2. The number of esters is 1. The fourth-order valence-corrected chi connectivity index (χ4v) is 3.10. The Kier molecular flexibility index (Phi) is 7.05. The van der Waals surface area contributed by atoms with Crippen molar-refractivity contribution in [2.75, 3.05) is 44.8 Å². The molecule has 0 bridgehead atoms. The van der Waals surface area contributed by atoms with E-state index < -0.39 is 21.7 Å². The Morgan fingerprint density at radius 1 is 0.966 bits per heavy atom. The van der Waals surface area contributed by atoms with Gasteiger partial charge >= 0.3 is 5.97 Å². The van der Waals surface area contributed by atoms with Crippen molar-refractivity contribution in [2.24, 2.45) is 0 Å². The highest BCUT2D eigenvalue weighted by Gasteiger charge is 2.18. The summed E-state index contributed by atoms with van der Waals surface area (Å²) in [5.74, 6) is -0.291. The number of anilines is 2. The minimum atomic E-state index is -3.31. The van der Waals surface area contributed by atoms with Gasteiger partial charge in [0.15, 0.2) is 21.3 Å². The Bertz CT molecular complexity index is 1000. The summed E-state index contributed by atoms with van der Waals surface area (Å²) in [6, 6.07) is 8.77. The average molecular weight is 422 g/mol. The molecule has 0 aliphatic rings. The van der Waals surface area contributed by atoms with E-state index in [1.54, 1.807) is 0 Å². The lowest BCUT2D eigenvalue weighted by molar-refractivity contribution is -0.114. The van der Waals surface area contributed by atoms with Crippen LogP contribution in [0.1, 0.15) is 10.4 Å². The molecule has 2 aromatic carbocycles. The molecule has 0 aliphatic carbocycles. The minimum Gasteiger partial charge on any atom is -0.493 e. The van der Waals surface area contributed by atoms with E-state index in [-0.39, 0.29) is 17.0 Å². The summed E-state index contributed by atoms with van der Waals surface area (Å²) in [5.41, 5.74) is 0.942. The standard InChI is InChI=1S/C19H22N2O7S/c1-26-16-9-14(19(23)28-3)15(10-17(16)27-2)20-11-18(22)21-12-5-7-13(8-6-12)29(4,24)25/h5-10,20H,11H2,1-4H3,(H,21,22). The molecule has 0 saturated carbocycles. The molecule has 0 atom stereocenters. The SMILES string of the molecule is COC(=O)c1cc(OC)c(OC)cc1NCC(=O)Nc1ccc(S(C)(=O)=O)cc1. The monoisotopic (exact) mass is 422 g/mol. The van der Waals surface area contributed by atoms with Gasteiger partial charge in [-0.3, -0.25) is 4.79 Å². The molecule has 0 aromatic heterocycles. The van der Waals surface area contributed by atoms with Gasteiger partial charge in [0.05, 0.1) is 44.0 Å². The van der Waals surface area contributed by atoms with Gasteiger partial charge in [-0.25, -0.2) is 13.2 Å². The molecule has 0 spiro atoms. The van der Waals surface area contributed by atoms with E-state index in [1.165, 1.54) is 57.7 Å².